The summed E-state index contributed by atoms with van der Waals surface area (Å²) in [5.41, 5.74) is 3.77. The lowest BCUT2D eigenvalue weighted by Crippen LogP contribution is -2.19. The minimum atomic E-state index is -0.355. The number of ether oxygens (including phenoxy) is 2. The smallest absolute Gasteiger partial charge is 0.275 e. The van der Waals surface area contributed by atoms with Gasteiger partial charge >= 0.3 is 0 Å². The second-order valence-corrected chi connectivity index (χ2v) is 6.63. The van der Waals surface area contributed by atoms with Crippen molar-refractivity contribution in [2.24, 2.45) is 5.10 Å². The Labute approximate surface area is 168 Å². The van der Waals surface area contributed by atoms with Gasteiger partial charge in [0.05, 0.1) is 18.4 Å². The molecule has 0 aliphatic carbocycles. The topological polar surface area (TPSA) is 59.9 Å². The van der Waals surface area contributed by atoms with Crippen LogP contribution >= 0.6 is 15.9 Å². The number of hydrazone groups is 1. The lowest BCUT2D eigenvalue weighted by molar-refractivity contribution is 0.0951. The van der Waals surface area contributed by atoms with E-state index in [9.17, 15) is 4.79 Å². The number of nitrogens with zero attached hydrogens (tertiary/aromatic N) is 1. The first-order valence-electron chi connectivity index (χ1n) is 8.73. The van der Waals surface area contributed by atoms with E-state index in [-0.39, 0.29) is 5.91 Å². The number of hydrogen-bond donors (Lipinski definition) is 1. The summed E-state index contributed by atoms with van der Waals surface area (Å²) in [6.45, 7) is 6.76. The summed E-state index contributed by atoms with van der Waals surface area (Å²) < 4.78 is 11.9. The molecule has 0 unspecified atom stereocenters. The van der Waals surface area contributed by atoms with Gasteiger partial charge in [-0.3, -0.25) is 4.79 Å². The van der Waals surface area contributed by atoms with Crippen LogP contribution in [0.15, 0.2) is 64.7 Å². The van der Waals surface area contributed by atoms with E-state index in [2.05, 4.69) is 40.0 Å². The molecule has 2 rings (SSSR count). The fourth-order valence-corrected chi connectivity index (χ4v) is 2.53. The molecular formula is C21H23BrN2O3. The van der Waals surface area contributed by atoms with E-state index in [4.69, 9.17) is 9.47 Å². The van der Waals surface area contributed by atoms with Gasteiger partial charge in [0.1, 0.15) is 18.1 Å². The molecule has 6 heteroatoms. The SMILES string of the molecule is C=CCOc1ccc(Br)cc1C(=O)NN=Cc1ccc(OCCCC)cc1. The first kappa shape index (κ1) is 20.7. The number of carbonyl (C=O) groups excluding carboxylic acids is 1. The van der Waals surface area contributed by atoms with Crippen molar-refractivity contribution >= 4 is 28.1 Å². The van der Waals surface area contributed by atoms with Gasteiger partial charge in [-0.25, -0.2) is 5.43 Å². The highest BCUT2D eigenvalue weighted by Crippen LogP contribution is 2.23. The molecular weight excluding hydrogens is 408 g/mol. The van der Waals surface area contributed by atoms with Gasteiger partial charge < -0.3 is 9.47 Å². The van der Waals surface area contributed by atoms with Crippen molar-refractivity contribution in [3.63, 3.8) is 0 Å². The van der Waals surface area contributed by atoms with Crippen molar-refractivity contribution in [2.75, 3.05) is 13.2 Å². The molecule has 0 spiro atoms. The monoisotopic (exact) mass is 430 g/mol. The van der Waals surface area contributed by atoms with Gasteiger partial charge in [0, 0.05) is 4.47 Å². The van der Waals surface area contributed by atoms with Gasteiger partial charge in [-0.2, -0.15) is 5.10 Å². The molecule has 0 heterocycles. The summed E-state index contributed by atoms with van der Waals surface area (Å²) in [6, 6.07) is 12.8. The van der Waals surface area contributed by atoms with E-state index in [0.717, 1.165) is 28.6 Å². The van der Waals surface area contributed by atoms with Gasteiger partial charge in [0.15, 0.2) is 0 Å². The van der Waals surface area contributed by atoms with Crippen LogP contribution < -0.4 is 14.9 Å². The molecule has 1 N–H and O–H groups in total. The van der Waals surface area contributed by atoms with Crippen LogP contribution in [0.25, 0.3) is 0 Å². The number of halogens is 1. The Morgan fingerprint density at radius 3 is 2.70 bits per heavy atom. The molecule has 5 nitrogen and oxygen atoms in total. The number of carbonyl (C=O) groups is 1. The summed E-state index contributed by atoms with van der Waals surface area (Å²) in [6.07, 6.45) is 5.33. The minimum absolute atomic E-state index is 0.317. The lowest BCUT2D eigenvalue weighted by atomic mass is 10.2. The van der Waals surface area contributed by atoms with E-state index < -0.39 is 0 Å². The molecule has 142 valence electrons. The zero-order valence-electron chi connectivity index (χ0n) is 15.3. The van der Waals surface area contributed by atoms with Crippen LogP contribution in [-0.4, -0.2) is 25.3 Å². The third-order valence-electron chi connectivity index (χ3n) is 3.57. The van der Waals surface area contributed by atoms with E-state index in [1.54, 1.807) is 24.4 Å². The maximum atomic E-state index is 12.4. The van der Waals surface area contributed by atoms with Crippen molar-refractivity contribution in [1.29, 1.82) is 0 Å². The minimum Gasteiger partial charge on any atom is -0.494 e. The average molecular weight is 431 g/mol. The third kappa shape index (κ3) is 6.90. The Bertz CT molecular complexity index is 789. The zero-order chi connectivity index (χ0) is 19.5. The molecule has 2 aromatic rings. The highest BCUT2D eigenvalue weighted by Gasteiger charge is 2.12. The molecule has 0 saturated heterocycles. The lowest BCUT2D eigenvalue weighted by Gasteiger charge is -2.09. The molecule has 0 aliphatic heterocycles. The van der Waals surface area contributed by atoms with E-state index in [0.29, 0.717) is 24.5 Å². The summed E-state index contributed by atoms with van der Waals surface area (Å²) >= 11 is 3.36. The van der Waals surface area contributed by atoms with Gasteiger partial charge in [-0.05, 0) is 54.4 Å². The Morgan fingerprint density at radius 1 is 1.22 bits per heavy atom. The van der Waals surface area contributed by atoms with Crippen molar-refractivity contribution in [2.45, 2.75) is 19.8 Å². The van der Waals surface area contributed by atoms with Crippen LogP contribution in [0.5, 0.6) is 11.5 Å². The van der Waals surface area contributed by atoms with Gasteiger partial charge in [-0.1, -0.05) is 41.9 Å². The molecule has 0 aliphatic rings. The summed E-state index contributed by atoms with van der Waals surface area (Å²) in [5, 5.41) is 4.02. The third-order valence-corrected chi connectivity index (χ3v) is 4.06. The average Bonchev–Trinajstić information content (AvgIpc) is 2.68. The largest absolute Gasteiger partial charge is 0.494 e. The van der Waals surface area contributed by atoms with Gasteiger partial charge in [0.2, 0.25) is 0 Å². The number of rotatable bonds is 10. The van der Waals surface area contributed by atoms with Crippen LogP contribution in [0.3, 0.4) is 0 Å². The Balaban J connectivity index is 1.96. The van der Waals surface area contributed by atoms with Crippen LogP contribution in [0.2, 0.25) is 0 Å². The number of benzene rings is 2. The number of hydrogen-bond acceptors (Lipinski definition) is 4. The van der Waals surface area contributed by atoms with Gasteiger partial charge in [0.25, 0.3) is 5.91 Å². The van der Waals surface area contributed by atoms with Crippen molar-refractivity contribution in [3.05, 3.63) is 70.7 Å². The van der Waals surface area contributed by atoms with Crippen LogP contribution in [0.1, 0.15) is 35.7 Å². The molecule has 1 amide bonds. The zero-order valence-corrected chi connectivity index (χ0v) is 16.9. The maximum absolute atomic E-state index is 12.4. The van der Waals surface area contributed by atoms with E-state index >= 15 is 0 Å². The Hall–Kier alpha value is -2.60. The highest BCUT2D eigenvalue weighted by molar-refractivity contribution is 9.10. The fraction of sp³-hybridized carbons (Fsp3) is 0.238. The van der Waals surface area contributed by atoms with Crippen molar-refractivity contribution in [1.82, 2.24) is 5.43 Å². The predicted octanol–water partition coefficient (Wildman–Crippen LogP) is 4.96. The molecule has 0 atom stereocenters. The summed E-state index contributed by atoms with van der Waals surface area (Å²) in [4.78, 5) is 12.4. The molecule has 0 bridgehead atoms. The highest BCUT2D eigenvalue weighted by atomic mass is 79.9. The molecule has 2 aromatic carbocycles. The van der Waals surface area contributed by atoms with Gasteiger partial charge in [-0.15, -0.1) is 0 Å². The van der Waals surface area contributed by atoms with Crippen molar-refractivity contribution < 1.29 is 14.3 Å². The first-order valence-corrected chi connectivity index (χ1v) is 9.53. The van der Waals surface area contributed by atoms with Crippen LogP contribution in [0, 0.1) is 0 Å². The first-order chi connectivity index (χ1) is 13.1. The number of amides is 1. The standard InChI is InChI=1S/C21H23BrN2O3/c1-3-5-13-26-18-9-6-16(7-10-18)15-23-24-21(25)19-14-17(22)8-11-20(19)27-12-4-2/h4,6-11,14-15H,2-3,5,12-13H2,1H3,(H,24,25). The Morgan fingerprint density at radius 2 is 2.00 bits per heavy atom. The second kappa shape index (κ2) is 11.2. The fourth-order valence-electron chi connectivity index (χ4n) is 2.16. The summed E-state index contributed by atoms with van der Waals surface area (Å²) in [7, 11) is 0. The summed E-state index contributed by atoms with van der Waals surface area (Å²) in [5.74, 6) is 0.938. The van der Waals surface area contributed by atoms with Crippen LogP contribution in [-0.2, 0) is 0 Å². The predicted molar refractivity (Wildman–Crippen MR) is 112 cm³/mol. The maximum Gasteiger partial charge on any atom is 0.275 e. The molecule has 0 radical (unpaired) electrons. The molecule has 0 aromatic heterocycles. The quantitative estimate of drug-likeness (QED) is 0.251. The number of unbranched alkanes of at least 4 members (excludes halogenated alkanes) is 1. The molecule has 0 fully saturated rings. The van der Waals surface area contributed by atoms with Crippen LogP contribution in [0.4, 0.5) is 0 Å². The van der Waals surface area contributed by atoms with Crippen molar-refractivity contribution in [3.8, 4) is 11.5 Å². The van der Waals surface area contributed by atoms with E-state index in [1.807, 2.05) is 30.3 Å². The molecule has 0 saturated carbocycles. The van der Waals surface area contributed by atoms with E-state index in [1.165, 1.54) is 0 Å². The normalized spacial score (nSPS) is 10.6. The second-order valence-electron chi connectivity index (χ2n) is 5.71. The Kier molecular flexibility index (Phi) is 8.58. The molecule has 27 heavy (non-hydrogen) atoms. The number of nitrogens with one attached hydrogen (secondary N) is 1.